The maximum atomic E-state index is 12.8. The maximum absolute atomic E-state index is 12.8. The molecular formula is C24H26BrN5OS. The Bertz CT molecular complexity index is 1180. The number of halogens is 1. The number of benzene rings is 1. The normalized spacial score (nSPS) is 19.1. The van der Waals surface area contributed by atoms with E-state index in [2.05, 4.69) is 43.0 Å². The first-order valence-corrected chi connectivity index (χ1v) is 12.7. The molecule has 0 radical (unpaired) electrons. The van der Waals surface area contributed by atoms with Crippen LogP contribution in [0.4, 0.5) is 11.5 Å². The summed E-state index contributed by atoms with van der Waals surface area (Å²) in [7, 11) is 0. The van der Waals surface area contributed by atoms with Crippen LogP contribution in [0.5, 0.6) is 0 Å². The molecule has 0 bridgehead atoms. The first-order valence-electron chi connectivity index (χ1n) is 11.1. The van der Waals surface area contributed by atoms with Crippen LogP contribution < -0.4 is 5.32 Å². The van der Waals surface area contributed by atoms with Crippen LogP contribution in [0.15, 0.2) is 47.2 Å². The predicted octanol–water partition coefficient (Wildman–Crippen LogP) is 5.12. The van der Waals surface area contributed by atoms with E-state index >= 15 is 0 Å². The van der Waals surface area contributed by atoms with E-state index in [4.69, 9.17) is 0 Å². The predicted molar refractivity (Wildman–Crippen MR) is 133 cm³/mol. The van der Waals surface area contributed by atoms with Gasteiger partial charge in [-0.15, -0.1) is 11.3 Å². The van der Waals surface area contributed by atoms with Gasteiger partial charge in [0, 0.05) is 40.2 Å². The lowest BCUT2D eigenvalue weighted by atomic mass is 10.0. The van der Waals surface area contributed by atoms with Gasteiger partial charge in [-0.3, -0.25) is 9.69 Å². The Morgan fingerprint density at radius 2 is 2.25 bits per heavy atom. The van der Waals surface area contributed by atoms with Gasteiger partial charge in [0.25, 0.3) is 0 Å². The molecule has 32 heavy (non-hydrogen) atoms. The zero-order valence-corrected chi connectivity index (χ0v) is 20.5. The SMILES string of the molecule is CC1CCCN1C/C=C/C(=O)N1CCc2c(sc3ncnc(Nc4cccc(Br)c4)c23)C1. The third kappa shape index (κ3) is 4.44. The van der Waals surface area contributed by atoms with E-state index in [1.165, 1.54) is 23.3 Å². The average molecular weight is 512 g/mol. The molecule has 1 aromatic carbocycles. The number of nitrogens with zero attached hydrogens (tertiary/aromatic N) is 4. The number of rotatable bonds is 5. The number of fused-ring (bicyclic) bond motifs is 3. The first kappa shape index (κ1) is 21.6. The lowest BCUT2D eigenvalue weighted by Gasteiger charge is -2.26. The van der Waals surface area contributed by atoms with Crippen molar-refractivity contribution in [3.63, 3.8) is 0 Å². The molecule has 1 unspecified atom stereocenters. The van der Waals surface area contributed by atoms with Crippen molar-refractivity contribution in [2.75, 3.05) is 25.0 Å². The molecule has 1 amide bonds. The molecule has 1 N–H and O–H groups in total. The number of carbonyl (C=O) groups excluding carboxylic acids is 1. The Hall–Kier alpha value is -2.29. The lowest BCUT2D eigenvalue weighted by molar-refractivity contribution is -0.126. The molecule has 0 spiro atoms. The van der Waals surface area contributed by atoms with E-state index in [0.29, 0.717) is 19.1 Å². The van der Waals surface area contributed by atoms with Gasteiger partial charge in [0.15, 0.2) is 0 Å². The third-order valence-electron chi connectivity index (χ3n) is 6.33. The quantitative estimate of drug-likeness (QED) is 0.481. The summed E-state index contributed by atoms with van der Waals surface area (Å²) < 4.78 is 1.02. The molecule has 2 aliphatic rings. The first-order chi connectivity index (χ1) is 15.6. The van der Waals surface area contributed by atoms with E-state index < -0.39 is 0 Å². The summed E-state index contributed by atoms with van der Waals surface area (Å²) in [5, 5.41) is 4.53. The highest BCUT2D eigenvalue weighted by atomic mass is 79.9. The van der Waals surface area contributed by atoms with Crippen molar-refractivity contribution in [2.45, 2.75) is 38.8 Å². The summed E-state index contributed by atoms with van der Waals surface area (Å²) in [6.07, 6.45) is 8.71. The highest BCUT2D eigenvalue weighted by Gasteiger charge is 2.26. The van der Waals surface area contributed by atoms with Gasteiger partial charge in [0.05, 0.1) is 11.9 Å². The number of hydrogen-bond donors (Lipinski definition) is 1. The van der Waals surface area contributed by atoms with Crippen LogP contribution >= 0.6 is 27.3 Å². The zero-order valence-electron chi connectivity index (χ0n) is 18.1. The minimum atomic E-state index is 0.0959. The van der Waals surface area contributed by atoms with Gasteiger partial charge >= 0.3 is 0 Å². The largest absolute Gasteiger partial charge is 0.340 e. The number of carbonyl (C=O) groups is 1. The van der Waals surface area contributed by atoms with Crippen molar-refractivity contribution < 1.29 is 4.79 Å². The van der Waals surface area contributed by atoms with Gasteiger partial charge in [0.2, 0.25) is 5.91 Å². The Morgan fingerprint density at radius 1 is 1.34 bits per heavy atom. The van der Waals surface area contributed by atoms with E-state index in [9.17, 15) is 4.79 Å². The Morgan fingerprint density at radius 3 is 3.06 bits per heavy atom. The second-order valence-electron chi connectivity index (χ2n) is 8.44. The Balaban J connectivity index is 1.32. The molecule has 4 heterocycles. The summed E-state index contributed by atoms with van der Waals surface area (Å²) in [6, 6.07) is 8.66. The van der Waals surface area contributed by atoms with Gasteiger partial charge in [-0.1, -0.05) is 28.1 Å². The monoisotopic (exact) mass is 511 g/mol. The molecular weight excluding hydrogens is 486 g/mol. The fourth-order valence-corrected chi connectivity index (χ4v) is 6.17. The summed E-state index contributed by atoms with van der Waals surface area (Å²) >= 11 is 5.19. The molecule has 6 nitrogen and oxygen atoms in total. The summed E-state index contributed by atoms with van der Waals surface area (Å²) in [4.78, 5) is 28.4. The minimum Gasteiger partial charge on any atom is -0.340 e. The van der Waals surface area contributed by atoms with Gasteiger partial charge in [-0.25, -0.2) is 9.97 Å². The summed E-state index contributed by atoms with van der Waals surface area (Å²) in [6.45, 7) is 5.60. The van der Waals surface area contributed by atoms with Crippen molar-refractivity contribution in [3.8, 4) is 0 Å². The Labute approximate surface area is 200 Å². The molecule has 1 atom stereocenters. The number of thiophene rings is 1. The summed E-state index contributed by atoms with van der Waals surface area (Å²) in [5.74, 6) is 0.920. The highest BCUT2D eigenvalue weighted by molar-refractivity contribution is 9.10. The molecule has 5 rings (SSSR count). The van der Waals surface area contributed by atoms with Crippen LogP contribution in [-0.4, -0.2) is 51.4 Å². The number of amides is 1. The molecule has 0 aliphatic carbocycles. The zero-order chi connectivity index (χ0) is 22.1. The standard InChI is InChI=1S/C24H26BrN5OS/c1-16-5-3-10-29(16)11-4-8-21(31)30-12-9-19-20(14-30)32-24-22(19)23(26-15-27-24)28-18-7-2-6-17(25)13-18/h2,4,6-8,13,15-16H,3,5,9-12,14H2,1H3,(H,26,27,28)/b8-4+. The second kappa shape index (κ2) is 9.29. The molecule has 2 aliphatic heterocycles. The van der Waals surface area contributed by atoms with Gasteiger partial charge < -0.3 is 10.2 Å². The maximum Gasteiger partial charge on any atom is 0.246 e. The van der Waals surface area contributed by atoms with Crippen LogP contribution in [0, 0.1) is 0 Å². The van der Waals surface area contributed by atoms with E-state index in [-0.39, 0.29) is 5.91 Å². The smallest absolute Gasteiger partial charge is 0.246 e. The number of hydrogen-bond acceptors (Lipinski definition) is 6. The molecule has 3 aromatic rings. The fourth-order valence-electron chi connectivity index (χ4n) is 4.57. The van der Waals surface area contributed by atoms with Gasteiger partial charge in [-0.05, 0) is 56.5 Å². The van der Waals surface area contributed by atoms with E-state index in [1.807, 2.05) is 35.2 Å². The van der Waals surface area contributed by atoms with E-state index in [0.717, 1.165) is 45.7 Å². The van der Waals surface area contributed by atoms with Crippen LogP contribution in [0.25, 0.3) is 10.2 Å². The highest BCUT2D eigenvalue weighted by Crippen LogP contribution is 2.38. The molecule has 1 saturated heterocycles. The van der Waals surface area contributed by atoms with Crippen LogP contribution in [0.2, 0.25) is 0 Å². The van der Waals surface area contributed by atoms with E-state index in [1.54, 1.807) is 23.7 Å². The van der Waals surface area contributed by atoms with Crippen molar-refractivity contribution in [2.24, 2.45) is 0 Å². The average Bonchev–Trinajstić information content (AvgIpc) is 3.36. The molecule has 2 aromatic heterocycles. The second-order valence-corrected chi connectivity index (χ2v) is 10.4. The van der Waals surface area contributed by atoms with Crippen molar-refractivity contribution in [3.05, 3.63) is 57.7 Å². The number of aromatic nitrogens is 2. The van der Waals surface area contributed by atoms with Crippen LogP contribution in [0.1, 0.15) is 30.2 Å². The Kier molecular flexibility index (Phi) is 6.26. The van der Waals surface area contributed by atoms with Gasteiger partial charge in [0.1, 0.15) is 17.0 Å². The summed E-state index contributed by atoms with van der Waals surface area (Å²) in [5.41, 5.74) is 2.24. The van der Waals surface area contributed by atoms with Gasteiger partial charge in [-0.2, -0.15) is 0 Å². The fraction of sp³-hybridized carbons (Fsp3) is 0.375. The molecule has 8 heteroatoms. The number of anilines is 2. The topological polar surface area (TPSA) is 61.4 Å². The lowest BCUT2D eigenvalue weighted by Crippen LogP contribution is -2.34. The van der Waals surface area contributed by atoms with Crippen LogP contribution in [-0.2, 0) is 17.8 Å². The molecule has 1 fully saturated rings. The van der Waals surface area contributed by atoms with Crippen LogP contribution in [0.3, 0.4) is 0 Å². The third-order valence-corrected chi connectivity index (χ3v) is 7.94. The van der Waals surface area contributed by atoms with Crippen molar-refractivity contribution in [1.82, 2.24) is 19.8 Å². The molecule has 166 valence electrons. The van der Waals surface area contributed by atoms with Crippen molar-refractivity contribution >= 4 is 54.9 Å². The number of likely N-dealkylation sites (tertiary alicyclic amines) is 1. The van der Waals surface area contributed by atoms with Crippen molar-refractivity contribution in [1.29, 1.82) is 0 Å². The number of nitrogens with one attached hydrogen (secondary N) is 1. The molecule has 0 saturated carbocycles. The minimum absolute atomic E-state index is 0.0959.